The van der Waals surface area contributed by atoms with E-state index in [1.807, 2.05) is 6.92 Å². The molecular formula is C7H12N2O3. The van der Waals surface area contributed by atoms with E-state index in [1.54, 1.807) is 0 Å². The molecular weight excluding hydrogens is 160 g/mol. The van der Waals surface area contributed by atoms with Crippen molar-refractivity contribution in [2.24, 2.45) is 5.73 Å². The number of nitrogens with one attached hydrogen (secondary N) is 1. The smallest absolute Gasteiger partial charge is 0.330 e. The van der Waals surface area contributed by atoms with E-state index in [4.69, 9.17) is 10.8 Å². The van der Waals surface area contributed by atoms with Crippen LogP contribution in [0.2, 0.25) is 0 Å². The van der Waals surface area contributed by atoms with Crippen molar-refractivity contribution in [1.29, 1.82) is 0 Å². The number of carboxylic acids is 1. The van der Waals surface area contributed by atoms with Gasteiger partial charge >= 0.3 is 5.97 Å². The molecule has 0 heterocycles. The number of aliphatic carboxylic acids is 1. The van der Waals surface area contributed by atoms with Crippen molar-refractivity contribution < 1.29 is 14.7 Å². The minimum absolute atomic E-state index is 0.0654. The molecule has 0 saturated carbocycles. The fourth-order valence-electron chi connectivity index (χ4n) is 0.592. The molecule has 0 bridgehead atoms. The van der Waals surface area contributed by atoms with Crippen LogP contribution in [0.3, 0.4) is 0 Å². The lowest BCUT2D eigenvalue weighted by Crippen LogP contribution is -2.27. The van der Waals surface area contributed by atoms with Crippen LogP contribution in [-0.2, 0) is 9.59 Å². The molecule has 0 unspecified atom stereocenters. The molecule has 12 heavy (non-hydrogen) atoms. The molecule has 0 aliphatic carbocycles. The molecule has 68 valence electrons. The van der Waals surface area contributed by atoms with E-state index in [0.717, 1.165) is 12.5 Å². The van der Waals surface area contributed by atoms with Gasteiger partial charge in [0.2, 0.25) is 0 Å². The van der Waals surface area contributed by atoms with E-state index in [1.165, 1.54) is 0 Å². The van der Waals surface area contributed by atoms with Crippen molar-refractivity contribution in [3.63, 3.8) is 0 Å². The molecule has 0 fully saturated rings. The zero-order valence-corrected chi connectivity index (χ0v) is 6.83. The van der Waals surface area contributed by atoms with Gasteiger partial charge < -0.3 is 16.2 Å². The zero-order valence-electron chi connectivity index (χ0n) is 6.83. The summed E-state index contributed by atoms with van der Waals surface area (Å²) >= 11 is 0. The summed E-state index contributed by atoms with van der Waals surface area (Å²) in [5.74, 6) is -1.95. The van der Waals surface area contributed by atoms with Crippen molar-refractivity contribution in [2.45, 2.75) is 13.3 Å². The second kappa shape index (κ2) is 5.17. The first-order chi connectivity index (χ1) is 5.57. The summed E-state index contributed by atoms with van der Waals surface area (Å²) in [6.45, 7) is 2.43. The van der Waals surface area contributed by atoms with E-state index in [9.17, 15) is 9.59 Å². The van der Waals surface area contributed by atoms with Crippen LogP contribution in [0.4, 0.5) is 0 Å². The van der Waals surface area contributed by atoms with Gasteiger partial charge in [0, 0.05) is 6.54 Å². The average Bonchev–Trinajstić information content (AvgIpc) is 1.96. The fourth-order valence-corrected chi connectivity index (χ4v) is 0.592. The molecule has 4 N–H and O–H groups in total. The lowest BCUT2D eigenvalue weighted by atomic mass is 10.3. The Morgan fingerprint density at radius 2 is 2.17 bits per heavy atom. The van der Waals surface area contributed by atoms with Crippen molar-refractivity contribution in [1.82, 2.24) is 5.32 Å². The largest absolute Gasteiger partial charge is 0.478 e. The van der Waals surface area contributed by atoms with Crippen LogP contribution >= 0.6 is 0 Å². The monoisotopic (exact) mass is 172 g/mol. The lowest BCUT2D eigenvalue weighted by molar-refractivity contribution is -0.131. The number of hydrogen-bond acceptors (Lipinski definition) is 3. The first-order valence-corrected chi connectivity index (χ1v) is 3.56. The maximum atomic E-state index is 10.6. The minimum atomic E-state index is -1.19. The highest BCUT2D eigenvalue weighted by atomic mass is 16.4. The summed E-state index contributed by atoms with van der Waals surface area (Å²) in [6, 6.07) is 0. The number of carboxylic acid groups (broad SMARTS) is 1. The van der Waals surface area contributed by atoms with Gasteiger partial charge in [0.25, 0.3) is 5.91 Å². The van der Waals surface area contributed by atoms with Crippen LogP contribution < -0.4 is 11.1 Å². The Morgan fingerprint density at radius 3 is 2.50 bits per heavy atom. The fraction of sp³-hybridized carbons (Fsp3) is 0.429. The van der Waals surface area contributed by atoms with Crippen molar-refractivity contribution in [3.05, 3.63) is 11.8 Å². The van der Waals surface area contributed by atoms with E-state index in [0.29, 0.717) is 6.54 Å². The highest BCUT2D eigenvalue weighted by Gasteiger charge is 2.04. The molecule has 0 rings (SSSR count). The number of carbonyl (C=O) groups is 2. The molecule has 0 aliphatic rings. The second-order valence-electron chi connectivity index (χ2n) is 2.19. The van der Waals surface area contributed by atoms with Crippen LogP contribution in [0.15, 0.2) is 11.8 Å². The van der Waals surface area contributed by atoms with Gasteiger partial charge in [-0.15, -0.1) is 0 Å². The highest BCUT2D eigenvalue weighted by Crippen LogP contribution is 1.87. The van der Waals surface area contributed by atoms with Gasteiger partial charge in [-0.25, -0.2) is 4.79 Å². The van der Waals surface area contributed by atoms with Crippen LogP contribution in [0.5, 0.6) is 0 Å². The Hall–Kier alpha value is -1.52. The van der Waals surface area contributed by atoms with Crippen LogP contribution in [0.25, 0.3) is 0 Å². The van der Waals surface area contributed by atoms with Gasteiger partial charge in [-0.05, 0) is 6.42 Å². The van der Waals surface area contributed by atoms with Crippen LogP contribution in [0, 0.1) is 0 Å². The maximum Gasteiger partial charge on any atom is 0.330 e. The quantitative estimate of drug-likeness (QED) is 0.484. The van der Waals surface area contributed by atoms with Crippen LogP contribution in [-0.4, -0.2) is 23.5 Å². The van der Waals surface area contributed by atoms with E-state index in [-0.39, 0.29) is 5.70 Å². The lowest BCUT2D eigenvalue weighted by Gasteiger charge is -2.03. The third kappa shape index (κ3) is 4.32. The number of amides is 1. The first kappa shape index (κ1) is 10.5. The molecule has 1 amide bonds. The Labute approximate surface area is 70.2 Å². The summed E-state index contributed by atoms with van der Waals surface area (Å²) in [5, 5.41) is 10.9. The molecule has 5 heteroatoms. The molecule has 0 atom stereocenters. The number of rotatable bonds is 5. The highest BCUT2D eigenvalue weighted by molar-refractivity contribution is 5.97. The second-order valence-corrected chi connectivity index (χ2v) is 2.19. The van der Waals surface area contributed by atoms with E-state index < -0.39 is 11.9 Å². The Balaban J connectivity index is 4.23. The Bertz CT molecular complexity index is 211. The molecule has 0 aromatic carbocycles. The third-order valence-corrected chi connectivity index (χ3v) is 1.10. The Kier molecular flexibility index (Phi) is 4.52. The van der Waals surface area contributed by atoms with E-state index in [2.05, 4.69) is 5.32 Å². The predicted octanol–water partition coefficient (Wildman–Crippen LogP) is -0.560. The van der Waals surface area contributed by atoms with E-state index >= 15 is 0 Å². The van der Waals surface area contributed by atoms with Gasteiger partial charge in [-0.2, -0.15) is 0 Å². The van der Waals surface area contributed by atoms with Gasteiger partial charge in [0.15, 0.2) is 0 Å². The van der Waals surface area contributed by atoms with Gasteiger partial charge in [0.1, 0.15) is 5.70 Å². The van der Waals surface area contributed by atoms with Gasteiger partial charge in [-0.3, -0.25) is 4.79 Å². The third-order valence-electron chi connectivity index (χ3n) is 1.10. The van der Waals surface area contributed by atoms with Crippen molar-refractivity contribution in [2.75, 3.05) is 6.54 Å². The number of carbonyl (C=O) groups excluding carboxylic acids is 1. The summed E-state index contributed by atoms with van der Waals surface area (Å²) in [4.78, 5) is 20.7. The maximum absolute atomic E-state index is 10.6. The van der Waals surface area contributed by atoms with Crippen LogP contribution in [0.1, 0.15) is 13.3 Å². The zero-order chi connectivity index (χ0) is 9.56. The normalized spacial score (nSPS) is 10.9. The molecule has 0 radical (unpaired) electrons. The van der Waals surface area contributed by atoms with Gasteiger partial charge in [-0.1, -0.05) is 6.92 Å². The summed E-state index contributed by atoms with van der Waals surface area (Å²) in [7, 11) is 0. The summed E-state index contributed by atoms with van der Waals surface area (Å²) in [6.07, 6.45) is 1.56. The topological polar surface area (TPSA) is 92.4 Å². The first-order valence-electron chi connectivity index (χ1n) is 3.56. The molecule has 0 aromatic rings. The molecule has 0 spiro atoms. The number of primary amides is 1. The average molecular weight is 172 g/mol. The standard InChI is InChI=1S/C7H12N2O3/c1-2-3-9-5(7(8)12)4-6(10)11/h4,9H,2-3H2,1H3,(H2,8,12)(H,10,11). The molecule has 0 aliphatic heterocycles. The molecule has 0 saturated heterocycles. The van der Waals surface area contributed by atoms with Crippen molar-refractivity contribution in [3.8, 4) is 0 Å². The van der Waals surface area contributed by atoms with Gasteiger partial charge in [0.05, 0.1) is 6.08 Å². The minimum Gasteiger partial charge on any atom is -0.478 e. The predicted molar refractivity (Wildman–Crippen MR) is 43.2 cm³/mol. The number of nitrogens with two attached hydrogens (primary N) is 1. The SMILES string of the molecule is CCCNC(=CC(=O)O)C(N)=O. The Morgan fingerprint density at radius 1 is 1.58 bits per heavy atom. The van der Waals surface area contributed by atoms with Crippen molar-refractivity contribution >= 4 is 11.9 Å². The summed E-state index contributed by atoms with van der Waals surface area (Å²) < 4.78 is 0. The molecule has 0 aromatic heterocycles. The summed E-state index contributed by atoms with van der Waals surface area (Å²) in [5.41, 5.74) is 4.83. The molecule has 5 nitrogen and oxygen atoms in total. The number of hydrogen-bond donors (Lipinski definition) is 3.